The Morgan fingerprint density at radius 2 is 1.89 bits per heavy atom. The second-order valence-corrected chi connectivity index (χ2v) is 4.60. The first-order valence-corrected chi connectivity index (χ1v) is 5.82. The summed E-state index contributed by atoms with van der Waals surface area (Å²) in [4.78, 5) is 10.7. The molecule has 0 bridgehead atoms. The molecule has 9 heteroatoms. The van der Waals surface area contributed by atoms with Crippen LogP contribution in [-0.4, -0.2) is 17.1 Å². The molecule has 104 valence electrons. The lowest BCUT2D eigenvalue weighted by molar-refractivity contribution is -0.162. The van der Waals surface area contributed by atoms with Gasteiger partial charge < -0.3 is 0 Å². The summed E-state index contributed by atoms with van der Waals surface area (Å²) in [7, 11) is 0. The quantitative estimate of drug-likeness (QED) is 0.658. The molecule has 0 fully saturated rings. The third-order valence-electron chi connectivity index (χ3n) is 2.03. The van der Waals surface area contributed by atoms with Crippen LogP contribution in [0.3, 0.4) is 0 Å². The van der Waals surface area contributed by atoms with E-state index in [2.05, 4.69) is 10.5 Å². The summed E-state index contributed by atoms with van der Waals surface area (Å²) in [5, 5.41) is 2.47. The van der Waals surface area contributed by atoms with Crippen molar-refractivity contribution in [1.82, 2.24) is 0 Å². The molecule has 3 nitrogen and oxygen atoms in total. The van der Waals surface area contributed by atoms with E-state index in [4.69, 9.17) is 34.8 Å². The van der Waals surface area contributed by atoms with E-state index in [0.29, 0.717) is 10.6 Å². The summed E-state index contributed by atoms with van der Waals surface area (Å²) in [6.07, 6.45) is -5.08. The van der Waals surface area contributed by atoms with Crippen molar-refractivity contribution in [1.29, 1.82) is 0 Å². The third-order valence-corrected chi connectivity index (χ3v) is 2.90. The molecular weight excluding hydrogens is 327 g/mol. The molecule has 0 heterocycles. The lowest BCUT2D eigenvalue weighted by atomic mass is 10.2. The maximum absolute atomic E-state index is 12.0. The largest absolute Gasteiger partial charge is 0.457 e. The summed E-state index contributed by atoms with van der Waals surface area (Å²) in [6.45, 7) is 1.59. The van der Waals surface area contributed by atoms with Crippen molar-refractivity contribution in [3.63, 3.8) is 0 Å². The molecule has 1 aromatic rings. The molecule has 0 spiro atoms. The number of Topliss-reactive ketones (excluding diaryl/α,β-unsaturated/α-hetero) is 1. The number of nitrogens with one attached hydrogen (secondary N) is 1. The van der Waals surface area contributed by atoms with Crippen molar-refractivity contribution in [2.45, 2.75) is 13.1 Å². The Hall–Kier alpha value is -0.980. The molecule has 0 unspecified atom stereocenters. The fourth-order valence-corrected chi connectivity index (χ4v) is 1.68. The Labute approximate surface area is 121 Å². The van der Waals surface area contributed by atoms with E-state index in [1.807, 2.05) is 0 Å². The highest BCUT2D eigenvalue weighted by Gasteiger charge is 2.41. The van der Waals surface area contributed by atoms with Gasteiger partial charge in [-0.05, 0) is 24.6 Å². The van der Waals surface area contributed by atoms with E-state index in [9.17, 15) is 18.0 Å². The van der Waals surface area contributed by atoms with Crippen LogP contribution in [0, 0.1) is 6.92 Å². The van der Waals surface area contributed by atoms with E-state index in [1.165, 1.54) is 12.1 Å². The zero-order valence-electron chi connectivity index (χ0n) is 9.28. The summed E-state index contributed by atoms with van der Waals surface area (Å²) in [5.41, 5.74) is 2.95. The summed E-state index contributed by atoms with van der Waals surface area (Å²) < 4.78 is 36.1. The van der Waals surface area contributed by atoms with Gasteiger partial charge in [0, 0.05) is 10.0 Å². The number of rotatable bonds is 3. The number of nitrogens with zero attached hydrogens (tertiary/aromatic N) is 1. The number of carbonyl (C=O) groups excluding carboxylic acids is 1. The van der Waals surface area contributed by atoms with Gasteiger partial charge in [0.05, 0.1) is 5.69 Å². The number of benzene rings is 1. The van der Waals surface area contributed by atoms with E-state index >= 15 is 0 Å². The Kier molecular flexibility index (Phi) is 5.06. The number of ketones is 1. The molecule has 0 saturated heterocycles. The van der Waals surface area contributed by atoms with Crippen LogP contribution in [0.1, 0.15) is 5.56 Å². The molecule has 19 heavy (non-hydrogen) atoms. The topological polar surface area (TPSA) is 41.5 Å². The number of halogens is 6. The molecule has 0 atom stereocenters. The van der Waals surface area contributed by atoms with Crippen molar-refractivity contribution in [2.75, 3.05) is 5.43 Å². The van der Waals surface area contributed by atoms with Gasteiger partial charge in [0.2, 0.25) is 5.17 Å². The Bertz CT molecular complexity index is 544. The van der Waals surface area contributed by atoms with Gasteiger partial charge in [0.25, 0.3) is 5.78 Å². The summed E-state index contributed by atoms with van der Waals surface area (Å²) in [5.74, 6) is -2.24. The lowest BCUT2D eigenvalue weighted by Crippen LogP contribution is -2.28. The molecule has 1 aromatic carbocycles. The molecule has 0 aliphatic heterocycles. The molecule has 1 N–H and O–H groups in total. The fourth-order valence-electron chi connectivity index (χ4n) is 1.04. The van der Waals surface area contributed by atoms with Gasteiger partial charge >= 0.3 is 6.18 Å². The number of alkyl halides is 3. The van der Waals surface area contributed by atoms with Crippen molar-refractivity contribution < 1.29 is 18.0 Å². The summed E-state index contributed by atoms with van der Waals surface area (Å²) >= 11 is 16.7. The van der Waals surface area contributed by atoms with Gasteiger partial charge in [-0.25, -0.2) is 0 Å². The minimum absolute atomic E-state index is 0.241. The maximum Gasteiger partial charge on any atom is 0.457 e. The van der Waals surface area contributed by atoms with Gasteiger partial charge in [-0.2, -0.15) is 18.3 Å². The predicted octanol–water partition coefficient (Wildman–Crippen LogP) is 4.40. The monoisotopic (exact) mass is 332 g/mol. The average Bonchev–Trinajstić information content (AvgIpc) is 2.29. The fraction of sp³-hybridized carbons (Fsp3) is 0.200. The lowest BCUT2D eigenvalue weighted by Gasteiger charge is -2.08. The van der Waals surface area contributed by atoms with Crippen LogP contribution in [0.4, 0.5) is 18.9 Å². The molecule has 0 aromatic heterocycles. The van der Waals surface area contributed by atoms with Crippen molar-refractivity contribution in [2.24, 2.45) is 5.10 Å². The Balaban J connectivity index is 2.96. The van der Waals surface area contributed by atoms with Gasteiger partial charge in [0.15, 0.2) is 0 Å². The highest BCUT2D eigenvalue weighted by Crippen LogP contribution is 2.28. The van der Waals surface area contributed by atoms with E-state index in [0.717, 1.165) is 0 Å². The highest BCUT2D eigenvalue weighted by molar-refractivity contribution is 6.83. The first kappa shape index (κ1) is 16.1. The van der Waals surface area contributed by atoms with E-state index in [-0.39, 0.29) is 10.7 Å². The van der Waals surface area contributed by atoms with Crippen molar-refractivity contribution in [3.8, 4) is 0 Å². The summed E-state index contributed by atoms with van der Waals surface area (Å²) in [6, 6.07) is 2.84. The number of hydrogen-bond acceptors (Lipinski definition) is 3. The molecule has 0 aliphatic carbocycles. The van der Waals surface area contributed by atoms with Gasteiger partial charge in [-0.1, -0.05) is 34.8 Å². The van der Waals surface area contributed by atoms with Crippen LogP contribution in [0.2, 0.25) is 10.0 Å². The molecule has 0 radical (unpaired) electrons. The zero-order valence-corrected chi connectivity index (χ0v) is 11.5. The number of hydrazone groups is 1. The molecule has 0 aliphatic rings. The smallest absolute Gasteiger partial charge is 0.281 e. The average molecular weight is 334 g/mol. The second-order valence-electron chi connectivity index (χ2n) is 3.40. The normalized spacial score (nSPS) is 12.5. The predicted molar refractivity (Wildman–Crippen MR) is 69.2 cm³/mol. The number of anilines is 1. The van der Waals surface area contributed by atoms with E-state index in [1.54, 1.807) is 6.92 Å². The number of carbonyl (C=O) groups is 1. The first-order valence-electron chi connectivity index (χ1n) is 4.69. The Morgan fingerprint density at radius 3 is 2.42 bits per heavy atom. The van der Waals surface area contributed by atoms with E-state index < -0.39 is 17.1 Å². The highest BCUT2D eigenvalue weighted by atomic mass is 35.5. The third kappa shape index (κ3) is 4.26. The SMILES string of the molecule is Cc1c(Cl)cc(Cl)cc1NN=C(Cl)C(=O)C(F)(F)F. The maximum atomic E-state index is 12.0. The Morgan fingerprint density at radius 1 is 1.32 bits per heavy atom. The van der Waals surface area contributed by atoms with Crippen LogP contribution < -0.4 is 5.43 Å². The molecule has 1 rings (SSSR count). The van der Waals surface area contributed by atoms with Crippen LogP contribution in [0.5, 0.6) is 0 Å². The van der Waals surface area contributed by atoms with Crippen molar-refractivity contribution in [3.05, 3.63) is 27.7 Å². The molecule has 0 amide bonds. The minimum Gasteiger partial charge on any atom is -0.281 e. The van der Waals surface area contributed by atoms with Crippen LogP contribution >= 0.6 is 34.8 Å². The number of hydrogen-bond donors (Lipinski definition) is 1. The van der Waals surface area contributed by atoms with Crippen LogP contribution in [-0.2, 0) is 4.79 Å². The first-order chi connectivity index (χ1) is 8.62. The van der Waals surface area contributed by atoms with Crippen molar-refractivity contribution >= 4 is 51.4 Å². The minimum atomic E-state index is -5.08. The van der Waals surface area contributed by atoms with Gasteiger partial charge in [0.1, 0.15) is 0 Å². The molecule has 0 saturated carbocycles. The van der Waals surface area contributed by atoms with Gasteiger partial charge in [-0.15, -0.1) is 0 Å². The van der Waals surface area contributed by atoms with Crippen LogP contribution in [0.15, 0.2) is 17.2 Å². The second kappa shape index (κ2) is 5.98. The standard InChI is InChI=1S/C10H6Cl3F3N2O/c1-4-6(12)2-5(11)3-7(4)17-18-9(13)8(19)10(14,15)16/h2-3,17H,1H3. The van der Waals surface area contributed by atoms with Gasteiger partial charge in [-0.3, -0.25) is 10.2 Å². The van der Waals surface area contributed by atoms with Crippen LogP contribution in [0.25, 0.3) is 0 Å². The zero-order chi connectivity index (χ0) is 14.8. The molecular formula is C10H6Cl3F3N2O.